The van der Waals surface area contributed by atoms with E-state index in [2.05, 4.69) is 0 Å². The first-order chi connectivity index (χ1) is 14.1. The molecule has 0 aromatic heterocycles. The molecule has 0 fully saturated rings. The molecule has 0 amide bonds. The molecule has 0 radical (unpaired) electrons. The molecule has 3 unspecified atom stereocenters. The summed E-state index contributed by atoms with van der Waals surface area (Å²) in [6, 6.07) is 0. The lowest BCUT2D eigenvalue weighted by Gasteiger charge is -2.30. The van der Waals surface area contributed by atoms with E-state index in [1.54, 1.807) is 0 Å². The number of carbonyl (C=O) groups is 4. The monoisotopic (exact) mass is 444 g/mol. The molecule has 1 aliphatic rings. The van der Waals surface area contributed by atoms with E-state index in [1.165, 1.54) is 0 Å². The minimum absolute atomic E-state index is 0.239. The summed E-state index contributed by atoms with van der Waals surface area (Å²) in [7, 11) is 0. The molecule has 30 heavy (non-hydrogen) atoms. The summed E-state index contributed by atoms with van der Waals surface area (Å²) in [6.07, 6.45) is 2.39. The first-order valence-corrected chi connectivity index (χ1v) is 10.5. The Morgan fingerprint density at radius 2 is 1.33 bits per heavy atom. The van der Waals surface area contributed by atoms with Gasteiger partial charge in [0.15, 0.2) is 0 Å². The van der Waals surface area contributed by atoms with E-state index in [1.807, 2.05) is 13.8 Å². The summed E-state index contributed by atoms with van der Waals surface area (Å²) in [6.45, 7) is 3.77. The molecule has 1 aliphatic carbocycles. The van der Waals surface area contributed by atoms with Gasteiger partial charge in [-0.1, -0.05) is 39.5 Å². The minimum Gasteiger partial charge on any atom is -0.478 e. The predicted octanol–water partition coefficient (Wildman–Crippen LogP) is 3.93. The van der Waals surface area contributed by atoms with Crippen LogP contribution in [0.1, 0.15) is 65.2 Å². The van der Waals surface area contributed by atoms with Crippen LogP contribution in [0.2, 0.25) is 0 Å². The molecule has 0 spiro atoms. The molecule has 8 nitrogen and oxygen atoms in total. The maximum absolute atomic E-state index is 12.1. The zero-order valence-electron chi connectivity index (χ0n) is 17.2. The lowest BCUT2D eigenvalue weighted by molar-refractivity contribution is -0.138. The third kappa shape index (κ3) is 6.32. The standard InChI is InChI=1S/C21H29ClO8/c1-3-5-7-11-9-13(18(23)24)17(21(29)30)12(15(22)8-6-4-2)10-14(19(25)26)16(11)20(27)28/h11-12,15H,3-10H2,1-2H3,(H,23,24)(H,25,26)(H,27,28)(H,29,30)/b16-14-,17-13-. The summed E-state index contributed by atoms with van der Waals surface area (Å²) in [5.41, 5.74) is -1.59. The number of aliphatic carboxylic acids is 4. The van der Waals surface area contributed by atoms with Crippen LogP contribution in [-0.4, -0.2) is 49.7 Å². The topological polar surface area (TPSA) is 149 Å². The van der Waals surface area contributed by atoms with Crippen molar-refractivity contribution in [1.29, 1.82) is 0 Å². The molecular weight excluding hydrogens is 416 g/mol. The van der Waals surface area contributed by atoms with E-state index in [0.717, 1.165) is 6.42 Å². The van der Waals surface area contributed by atoms with Gasteiger partial charge < -0.3 is 20.4 Å². The summed E-state index contributed by atoms with van der Waals surface area (Å²) in [4.78, 5) is 48.1. The molecule has 9 heteroatoms. The van der Waals surface area contributed by atoms with Crippen molar-refractivity contribution in [2.24, 2.45) is 11.8 Å². The Balaban J connectivity index is 3.77. The van der Waals surface area contributed by atoms with Crippen molar-refractivity contribution < 1.29 is 39.6 Å². The third-order valence-corrected chi connectivity index (χ3v) is 5.98. The molecular formula is C21H29ClO8. The summed E-state index contributed by atoms with van der Waals surface area (Å²) in [5, 5.41) is 38.3. The predicted molar refractivity (Wildman–Crippen MR) is 110 cm³/mol. The van der Waals surface area contributed by atoms with Crippen LogP contribution in [0.25, 0.3) is 0 Å². The van der Waals surface area contributed by atoms with Gasteiger partial charge in [-0.15, -0.1) is 11.6 Å². The zero-order valence-corrected chi connectivity index (χ0v) is 17.9. The summed E-state index contributed by atoms with van der Waals surface area (Å²) < 4.78 is 0. The molecule has 0 saturated heterocycles. The van der Waals surface area contributed by atoms with Crippen LogP contribution in [0.5, 0.6) is 0 Å². The highest BCUT2D eigenvalue weighted by Crippen LogP contribution is 2.40. The van der Waals surface area contributed by atoms with E-state index >= 15 is 0 Å². The molecule has 0 aromatic carbocycles. The van der Waals surface area contributed by atoms with Crippen LogP contribution in [0.3, 0.4) is 0 Å². The van der Waals surface area contributed by atoms with Crippen LogP contribution in [0.4, 0.5) is 0 Å². The lowest BCUT2D eigenvalue weighted by atomic mass is 9.74. The summed E-state index contributed by atoms with van der Waals surface area (Å²) in [5.74, 6) is -7.87. The average Bonchev–Trinajstić information content (AvgIpc) is 2.64. The van der Waals surface area contributed by atoms with Gasteiger partial charge in [-0.25, -0.2) is 19.2 Å². The highest BCUT2D eigenvalue weighted by Gasteiger charge is 2.40. The van der Waals surface area contributed by atoms with Crippen LogP contribution in [0, 0.1) is 11.8 Å². The zero-order chi connectivity index (χ0) is 23.0. The van der Waals surface area contributed by atoms with Gasteiger partial charge in [-0.3, -0.25) is 0 Å². The second-order valence-corrected chi connectivity index (χ2v) is 8.08. The van der Waals surface area contributed by atoms with Crippen LogP contribution in [-0.2, 0) is 19.2 Å². The van der Waals surface area contributed by atoms with Crippen LogP contribution < -0.4 is 0 Å². The molecule has 0 saturated carbocycles. The van der Waals surface area contributed by atoms with Gasteiger partial charge in [0.05, 0.1) is 11.1 Å². The summed E-state index contributed by atoms with van der Waals surface area (Å²) >= 11 is 6.44. The fourth-order valence-corrected chi connectivity index (χ4v) is 4.33. The van der Waals surface area contributed by atoms with Crippen molar-refractivity contribution in [1.82, 2.24) is 0 Å². The highest BCUT2D eigenvalue weighted by molar-refractivity contribution is 6.21. The number of alkyl halides is 1. The maximum atomic E-state index is 12.1. The Labute approximate surface area is 180 Å². The Morgan fingerprint density at radius 1 is 0.833 bits per heavy atom. The average molecular weight is 445 g/mol. The number of hydrogen-bond donors (Lipinski definition) is 4. The van der Waals surface area contributed by atoms with Crippen LogP contribution >= 0.6 is 11.6 Å². The van der Waals surface area contributed by atoms with Crippen LogP contribution in [0.15, 0.2) is 22.3 Å². The normalized spacial score (nSPS) is 25.8. The SMILES string of the molecule is CCCCC1C/C(C(=O)O)=C(/C(=O)O)C(C(Cl)CCCC)C/C(C(=O)O)=C\1C(=O)O. The molecule has 168 valence electrons. The fraction of sp³-hybridized carbons (Fsp3) is 0.619. The van der Waals surface area contributed by atoms with Crippen molar-refractivity contribution in [2.75, 3.05) is 0 Å². The van der Waals surface area contributed by atoms with Gasteiger partial charge in [0.25, 0.3) is 0 Å². The maximum Gasteiger partial charge on any atom is 0.332 e. The van der Waals surface area contributed by atoms with Gasteiger partial charge in [0.1, 0.15) is 0 Å². The van der Waals surface area contributed by atoms with Crippen molar-refractivity contribution >= 4 is 35.5 Å². The number of hydrogen-bond acceptors (Lipinski definition) is 4. The van der Waals surface area contributed by atoms with Crippen molar-refractivity contribution in [3.63, 3.8) is 0 Å². The molecule has 0 aromatic rings. The molecule has 1 rings (SSSR count). The molecule has 3 atom stereocenters. The first kappa shape index (κ1) is 25.7. The Kier molecular flexibility index (Phi) is 10.0. The van der Waals surface area contributed by atoms with E-state index in [-0.39, 0.29) is 18.4 Å². The lowest BCUT2D eigenvalue weighted by Crippen LogP contribution is -2.32. The number of carboxylic acids is 4. The molecule has 0 aliphatic heterocycles. The Morgan fingerprint density at radius 3 is 1.77 bits per heavy atom. The van der Waals surface area contributed by atoms with E-state index in [9.17, 15) is 39.6 Å². The van der Waals surface area contributed by atoms with Crippen molar-refractivity contribution in [3.8, 4) is 0 Å². The first-order valence-electron chi connectivity index (χ1n) is 10.1. The van der Waals surface area contributed by atoms with Crippen molar-refractivity contribution in [2.45, 2.75) is 70.6 Å². The smallest absolute Gasteiger partial charge is 0.332 e. The van der Waals surface area contributed by atoms with Gasteiger partial charge in [0.2, 0.25) is 0 Å². The molecule has 4 N–H and O–H groups in total. The van der Waals surface area contributed by atoms with Gasteiger partial charge in [0, 0.05) is 22.4 Å². The van der Waals surface area contributed by atoms with Gasteiger partial charge >= 0.3 is 23.9 Å². The second kappa shape index (κ2) is 11.7. The van der Waals surface area contributed by atoms with E-state index < -0.39 is 64.2 Å². The molecule has 0 bridgehead atoms. The Hall–Kier alpha value is -2.35. The van der Waals surface area contributed by atoms with E-state index in [4.69, 9.17) is 11.6 Å². The largest absolute Gasteiger partial charge is 0.478 e. The van der Waals surface area contributed by atoms with E-state index in [0.29, 0.717) is 25.7 Å². The number of unbranched alkanes of at least 4 members (excludes halogenated alkanes) is 2. The molecule has 0 heterocycles. The quantitative estimate of drug-likeness (QED) is 0.350. The second-order valence-electron chi connectivity index (χ2n) is 7.52. The number of carboxylic acid groups (broad SMARTS) is 4. The van der Waals surface area contributed by atoms with Gasteiger partial charge in [-0.2, -0.15) is 0 Å². The minimum atomic E-state index is -1.47. The number of halogens is 1. The Bertz CT molecular complexity index is 752. The highest BCUT2D eigenvalue weighted by atomic mass is 35.5. The van der Waals surface area contributed by atoms with Crippen molar-refractivity contribution in [3.05, 3.63) is 22.3 Å². The van der Waals surface area contributed by atoms with Gasteiger partial charge in [-0.05, 0) is 31.6 Å². The number of rotatable bonds is 11. The fourth-order valence-electron chi connectivity index (χ4n) is 3.96. The third-order valence-electron chi connectivity index (χ3n) is 5.46.